The van der Waals surface area contributed by atoms with Gasteiger partial charge >= 0.3 is 11.8 Å². The van der Waals surface area contributed by atoms with E-state index in [1.165, 1.54) is 0 Å². The third kappa shape index (κ3) is 7.89. The monoisotopic (exact) mass is 524 g/mol. The molecule has 0 bridgehead atoms. The number of benzene rings is 3. The Hall–Kier alpha value is -3.73. The molecule has 39 heavy (non-hydrogen) atoms. The fourth-order valence-electron chi connectivity index (χ4n) is 5.26. The molecule has 1 saturated heterocycles. The van der Waals surface area contributed by atoms with Crippen molar-refractivity contribution in [2.45, 2.75) is 65.0 Å². The van der Waals surface area contributed by atoms with Gasteiger partial charge in [0.25, 0.3) is 0 Å². The Labute approximate surface area is 232 Å². The lowest BCUT2D eigenvalue weighted by molar-refractivity contribution is -0.161. The zero-order valence-corrected chi connectivity index (χ0v) is 23.4. The minimum absolute atomic E-state index is 0.0470. The number of carbonyl (C=O) groups is 3. The number of hydrogen-bond donors (Lipinski definition) is 0. The molecule has 3 aromatic rings. The maximum atomic E-state index is 13.7. The number of ketones is 1. The molecule has 0 aliphatic carbocycles. The van der Waals surface area contributed by atoms with Crippen LogP contribution in [0.4, 0.5) is 0 Å². The highest BCUT2D eigenvalue weighted by Gasteiger charge is 2.42. The van der Waals surface area contributed by atoms with E-state index in [1.807, 2.05) is 78.9 Å². The molecule has 0 N–H and O–H groups in total. The van der Waals surface area contributed by atoms with Gasteiger partial charge in [-0.15, -0.1) is 0 Å². The number of Topliss-reactive ketones (excluding diaryl/α,β-unsaturated/α-hetero) is 1. The Bertz CT molecular complexity index is 1240. The maximum Gasteiger partial charge on any atom is 0.312 e. The maximum absolute atomic E-state index is 13.7. The highest BCUT2D eigenvalue weighted by atomic mass is 16.2. The first kappa shape index (κ1) is 28.3. The Morgan fingerprint density at radius 3 is 1.97 bits per heavy atom. The van der Waals surface area contributed by atoms with Crippen molar-refractivity contribution in [3.63, 3.8) is 0 Å². The molecule has 1 heterocycles. The van der Waals surface area contributed by atoms with Crippen molar-refractivity contribution in [1.29, 1.82) is 0 Å². The number of piperazine rings is 1. The molecule has 2 amide bonds. The highest BCUT2D eigenvalue weighted by Crippen LogP contribution is 2.26. The molecule has 0 saturated carbocycles. The van der Waals surface area contributed by atoms with Crippen LogP contribution >= 0.6 is 0 Å². The van der Waals surface area contributed by atoms with Gasteiger partial charge < -0.3 is 9.80 Å². The van der Waals surface area contributed by atoms with Crippen molar-refractivity contribution in [3.05, 3.63) is 108 Å². The van der Waals surface area contributed by atoms with Gasteiger partial charge in [-0.05, 0) is 42.2 Å². The lowest BCUT2D eigenvalue weighted by atomic mass is 9.90. The van der Waals surface area contributed by atoms with Crippen molar-refractivity contribution in [3.8, 4) is 0 Å². The van der Waals surface area contributed by atoms with Crippen LogP contribution < -0.4 is 0 Å². The molecular formula is C34H40N2O3. The zero-order valence-electron chi connectivity index (χ0n) is 23.4. The summed E-state index contributed by atoms with van der Waals surface area (Å²) in [6.45, 7) is 7.47. The summed E-state index contributed by atoms with van der Waals surface area (Å²) in [5.41, 5.74) is 2.95. The molecule has 3 aromatic carbocycles. The van der Waals surface area contributed by atoms with Crippen LogP contribution in [0.5, 0.6) is 0 Å². The molecule has 1 fully saturated rings. The lowest BCUT2D eigenvalue weighted by Crippen LogP contribution is -2.63. The van der Waals surface area contributed by atoms with E-state index in [9.17, 15) is 14.4 Å². The van der Waals surface area contributed by atoms with Crippen molar-refractivity contribution in [1.82, 2.24) is 9.80 Å². The van der Waals surface area contributed by atoms with Gasteiger partial charge in [0.05, 0.1) is 6.04 Å². The lowest BCUT2D eigenvalue weighted by Gasteiger charge is -2.44. The first-order valence-corrected chi connectivity index (χ1v) is 14.0. The number of rotatable bonds is 11. The molecule has 0 aromatic heterocycles. The SMILES string of the molecule is CC(C)(C)CCN1C(=O)C(=O)N([C@H](CCC(=O)c2ccccc2)Cc2ccccc2)C[C@@H]1Cc1ccccc1. The molecule has 4 rings (SSSR count). The number of nitrogens with zero attached hydrogens (tertiary/aromatic N) is 2. The van der Waals surface area contributed by atoms with E-state index in [4.69, 9.17) is 0 Å². The van der Waals surface area contributed by atoms with E-state index in [1.54, 1.807) is 9.80 Å². The van der Waals surface area contributed by atoms with Gasteiger partial charge in [-0.2, -0.15) is 0 Å². The Balaban J connectivity index is 1.59. The fraction of sp³-hybridized carbons (Fsp3) is 0.382. The van der Waals surface area contributed by atoms with E-state index in [2.05, 4.69) is 32.9 Å². The summed E-state index contributed by atoms with van der Waals surface area (Å²) in [4.78, 5) is 43.8. The van der Waals surface area contributed by atoms with E-state index in [-0.39, 0.29) is 23.3 Å². The second-order valence-electron chi connectivity index (χ2n) is 11.8. The van der Waals surface area contributed by atoms with Crippen LogP contribution in [0.15, 0.2) is 91.0 Å². The smallest absolute Gasteiger partial charge is 0.312 e. The average molecular weight is 525 g/mol. The summed E-state index contributed by atoms with van der Waals surface area (Å²) in [6, 6.07) is 29.1. The Kier molecular flexibility index (Phi) is 9.34. The first-order valence-electron chi connectivity index (χ1n) is 14.0. The predicted molar refractivity (Wildman–Crippen MR) is 155 cm³/mol. The fourth-order valence-corrected chi connectivity index (χ4v) is 5.26. The first-order chi connectivity index (χ1) is 18.7. The third-order valence-corrected chi connectivity index (χ3v) is 7.53. The van der Waals surface area contributed by atoms with Crippen molar-refractivity contribution >= 4 is 17.6 Å². The van der Waals surface area contributed by atoms with E-state index in [0.717, 1.165) is 17.5 Å². The minimum atomic E-state index is -0.457. The molecule has 1 aliphatic heterocycles. The van der Waals surface area contributed by atoms with Gasteiger partial charge in [0.1, 0.15) is 0 Å². The molecule has 1 aliphatic rings. The van der Waals surface area contributed by atoms with Crippen molar-refractivity contribution in [2.24, 2.45) is 5.41 Å². The van der Waals surface area contributed by atoms with Gasteiger partial charge in [-0.1, -0.05) is 112 Å². The molecule has 0 spiro atoms. The van der Waals surface area contributed by atoms with Crippen LogP contribution in [-0.2, 0) is 22.4 Å². The number of amides is 2. The number of carbonyl (C=O) groups excluding carboxylic acids is 3. The number of hydrogen-bond acceptors (Lipinski definition) is 3. The average Bonchev–Trinajstić information content (AvgIpc) is 2.93. The molecular weight excluding hydrogens is 484 g/mol. The molecule has 0 radical (unpaired) electrons. The van der Waals surface area contributed by atoms with Gasteiger partial charge in [0.2, 0.25) is 0 Å². The van der Waals surface area contributed by atoms with E-state index in [0.29, 0.717) is 44.3 Å². The Morgan fingerprint density at radius 1 is 0.821 bits per heavy atom. The summed E-state index contributed by atoms with van der Waals surface area (Å²) in [6.07, 6.45) is 2.91. The van der Waals surface area contributed by atoms with Crippen molar-refractivity contribution < 1.29 is 14.4 Å². The summed E-state index contributed by atoms with van der Waals surface area (Å²) >= 11 is 0. The minimum Gasteiger partial charge on any atom is -0.329 e. The molecule has 2 atom stereocenters. The van der Waals surface area contributed by atoms with E-state index >= 15 is 0 Å². The molecule has 204 valence electrons. The van der Waals surface area contributed by atoms with Gasteiger partial charge in [0.15, 0.2) is 5.78 Å². The van der Waals surface area contributed by atoms with Crippen LogP contribution in [0.25, 0.3) is 0 Å². The molecule has 0 unspecified atom stereocenters. The van der Waals surface area contributed by atoms with Gasteiger partial charge in [-0.3, -0.25) is 14.4 Å². The molecule has 5 nitrogen and oxygen atoms in total. The third-order valence-electron chi connectivity index (χ3n) is 7.53. The second kappa shape index (κ2) is 12.9. The summed E-state index contributed by atoms with van der Waals surface area (Å²) in [7, 11) is 0. The van der Waals surface area contributed by atoms with Crippen LogP contribution in [0, 0.1) is 5.41 Å². The van der Waals surface area contributed by atoms with Gasteiger partial charge in [0, 0.05) is 31.1 Å². The Morgan fingerprint density at radius 2 is 1.38 bits per heavy atom. The topological polar surface area (TPSA) is 57.7 Å². The normalized spacial score (nSPS) is 16.8. The van der Waals surface area contributed by atoms with Crippen LogP contribution in [-0.4, -0.2) is 52.6 Å². The summed E-state index contributed by atoms with van der Waals surface area (Å²) in [5.74, 6) is -0.836. The molecule has 5 heteroatoms. The predicted octanol–water partition coefficient (Wildman–Crippen LogP) is 5.98. The summed E-state index contributed by atoms with van der Waals surface area (Å²) in [5, 5.41) is 0. The van der Waals surface area contributed by atoms with Gasteiger partial charge in [-0.25, -0.2) is 0 Å². The largest absolute Gasteiger partial charge is 0.329 e. The summed E-state index contributed by atoms with van der Waals surface area (Å²) < 4.78 is 0. The highest BCUT2D eigenvalue weighted by molar-refractivity contribution is 6.35. The standard InChI is InChI=1S/C34H40N2O3/c1-34(2,3)21-22-35-30(24-27-15-9-5-10-16-27)25-36(33(39)32(35)38)29(23-26-13-7-4-8-14-26)19-20-31(37)28-17-11-6-12-18-28/h4-18,29-30H,19-25H2,1-3H3/t29-,30+/m1/s1. The van der Waals surface area contributed by atoms with Crippen molar-refractivity contribution in [2.75, 3.05) is 13.1 Å². The van der Waals surface area contributed by atoms with E-state index < -0.39 is 11.8 Å². The van der Waals surface area contributed by atoms with Crippen LogP contribution in [0.1, 0.15) is 61.5 Å². The van der Waals surface area contributed by atoms with Crippen LogP contribution in [0.2, 0.25) is 0 Å². The zero-order chi connectivity index (χ0) is 27.8. The van der Waals surface area contributed by atoms with Crippen LogP contribution in [0.3, 0.4) is 0 Å². The second-order valence-corrected chi connectivity index (χ2v) is 11.8. The quantitative estimate of drug-likeness (QED) is 0.229.